The predicted octanol–water partition coefficient (Wildman–Crippen LogP) is 4.91. The third kappa shape index (κ3) is 4.17. The number of aryl methyl sites for hydroxylation is 1. The number of aromatic nitrogens is 2. The fraction of sp³-hybridized carbons (Fsp3) is 0.217. The second-order valence-electron chi connectivity index (χ2n) is 6.69. The Labute approximate surface area is 173 Å². The first-order valence-electron chi connectivity index (χ1n) is 9.55. The van der Waals surface area contributed by atoms with Crippen molar-refractivity contribution in [2.24, 2.45) is 0 Å². The van der Waals surface area contributed by atoms with Gasteiger partial charge in [0.25, 0.3) is 5.56 Å². The highest BCUT2D eigenvalue weighted by molar-refractivity contribution is 7.17. The molecule has 2 aromatic heterocycles. The van der Waals surface area contributed by atoms with E-state index >= 15 is 0 Å². The Hall–Kier alpha value is -3.12. The van der Waals surface area contributed by atoms with Gasteiger partial charge in [-0.2, -0.15) is 0 Å². The lowest BCUT2D eigenvalue weighted by atomic mass is 10.1. The van der Waals surface area contributed by atoms with Crippen molar-refractivity contribution in [1.82, 2.24) is 9.55 Å². The van der Waals surface area contributed by atoms with E-state index in [2.05, 4.69) is 24.0 Å². The summed E-state index contributed by atoms with van der Waals surface area (Å²) in [7, 11) is 0. The van der Waals surface area contributed by atoms with Crippen LogP contribution in [0.3, 0.4) is 0 Å². The molecule has 0 unspecified atom stereocenters. The number of rotatable bonds is 7. The first-order chi connectivity index (χ1) is 14.2. The van der Waals surface area contributed by atoms with Crippen LogP contribution in [0.1, 0.15) is 12.5 Å². The van der Waals surface area contributed by atoms with Gasteiger partial charge in [-0.15, -0.1) is 11.3 Å². The lowest BCUT2D eigenvalue weighted by Gasteiger charge is -2.09. The van der Waals surface area contributed by atoms with Gasteiger partial charge < -0.3 is 9.47 Å². The van der Waals surface area contributed by atoms with Crippen LogP contribution in [0.15, 0.2) is 65.0 Å². The van der Waals surface area contributed by atoms with E-state index in [1.165, 1.54) is 16.9 Å². The largest absolute Gasteiger partial charge is 0.494 e. The van der Waals surface area contributed by atoms with Gasteiger partial charge in [0, 0.05) is 10.9 Å². The first-order valence-corrected chi connectivity index (χ1v) is 10.4. The minimum absolute atomic E-state index is 0.0397. The number of hydrogen-bond acceptors (Lipinski definition) is 5. The van der Waals surface area contributed by atoms with E-state index < -0.39 is 0 Å². The van der Waals surface area contributed by atoms with Crippen molar-refractivity contribution in [3.8, 4) is 22.6 Å². The zero-order valence-corrected chi connectivity index (χ0v) is 17.2. The van der Waals surface area contributed by atoms with Gasteiger partial charge in [-0.3, -0.25) is 9.36 Å². The number of nitrogens with zero attached hydrogens (tertiary/aromatic N) is 2. The van der Waals surface area contributed by atoms with Gasteiger partial charge in [-0.25, -0.2) is 4.98 Å². The maximum absolute atomic E-state index is 13.1. The Morgan fingerprint density at radius 1 is 1.00 bits per heavy atom. The minimum atomic E-state index is -0.0397. The van der Waals surface area contributed by atoms with Crippen molar-refractivity contribution in [2.45, 2.75) is 20.4 Å². The molecule has 5 nitrogen and oxygen atoms in total. The second kappa shape index (κ2) is 8.49. The summed E-state index contributed by atoms with van der Waals surface area (Å²) in [5.41, 5.74) is 3.12. The number of hydrogen-bond donors (Lipinski definition) is 0. The standard InChI is InChI=1S/C23H22N2O3S/c1-3-27-18-8-10-19(11-9-18)28-13-12-25-15-24-22-21(23(25)26)20(14-29-22)17-6-4-16(2)5-7-17/h4-11,14-15H,3,12-13H2,1-2H3. The SMILES string of the molecule is CCOc1ccc(OCCn2cnc3scc(-c4ccc(C)cc4)c3c2=O)cc1. The van der Waals surface area contributed by atoms with E-state index in [1.54, 1.807) is 10.9 Å². The van der Waals surface area contributed by atoms with E-state index in [9.17, 15) is 4.79 Å². The molecule has 4 rings (SSSR count). The summed E-state index contributed by atoms with van der Waals surface area (Å²) in [5, 5.41) is 2.67. The van der Waals surface area contributed by atoms with Crippen LogP contribution >= 0.6 is 11.3 Å². The molecule has 0 aliphatic carbocycles. The summed E-state index contributed by atoms with van der Waals surface area (Å²) in [6, 6.07) is 15.7. The van der Waals surface area contributed by atoms with Crippen LogP contribution in [0.5, 0.6) is 11.5 Å². The average Bonchev–Trinajstić information content (AvgIpc) is 3.17. The molecule has 0 spiro atoms. The molecule has 0 aliphatic heterocycles. The van der Waals surface area contributed by atoms with Gasteiger partial charge in [-0.1, -0.05) is 29.8 Å². The van der Waals surface area contributed by atoms with Crippen molar-refractivity contribution >= 4 is 21.6 Å². The smallest absolute Gasteiger partial charge is 0.262 e. The third-order valence-corrected chi connectivity index (χ3v) is 5.55. The van der Waals surface area contributed by atoms with E-state index in [-0.39, 0.29) is 5.56 Å². The molecule has 4 aromatic rings. The predicted molar refractivity (Wildman–Crippen MR) is 117 cm³/mol. The average molecular weight is 407 g/mol. The van der Waals surface area contributed by atoms with E-state index in [0.29, 0.717) is 25.1 Å². The molecule has 0 N–H and O–H groups in total. The second-order valence-corrected chi connectivity index (χ2v) is 7.55. The van der Waals surface area contributed by atoms with Gasteiger partial charge in [0.1, 0.15) is 22.9 Å². The highest BCUT2D eigenvalue weighted by Gasteiger charge is 2.13. The molecule has 6 heteroatoms. The lowest BCUT2D eigenvalue weighted by Crippen LogP contribution is -2.23. The van der Waals surface area contributed by atoms with E-state index in [1.807, 2.05) is 48.7 Å². The highest BCUT2D eigenvalue weighted by Crippen LogP contribution is 2.30. The van der Waals surface area contributed by atoms with Crippen LogP contribution in [-0.4, -0.2) is 22.8 Å². The molecule has 148 valence electrons. The van der Waals surface area contributed by atoms with Crippen LogP contribution < -0.4 is 15.0 Å². The van der Waals surface area contributed by atoms with Crippen molar-refractivity contribution in [1.29, 1.82) is 0 Å². The fourth-order valence-corrected chi connectivity index (χ4v) is 4.04. The number of ether oxygens (including phenoxy) is 2. The first kappa shape index (κ1) is 19.2. The third-order valence-electron chi connectivity index (χ3n) is 4.66. The summed E-state index contributed by atoms with van der Waals surface area (Å²) < 4.78 is 12.8. The van der Waals surface area contributed by atoms with Gasteiger partial charge in [-0.05, 0) is 43.7 Å². The van der Waals surface area contributed by atoms with E-state index in [4.69, 9.17) is 9.47 Å². The molecule has 29 heavy (non-hydrogen) atoms. The molecule has 0 bridgehead atoms. The summed E-state index contributed by atoms with van der Waals surface area (Å²) in [4.78, 5) is 18.3. The van der Waals surface area contributed by atoms with Gasteiger partial charge in [0.05, 0.1) is 24.9 Å². The van der Waals surface area contributed by atoms with Gasteiger partial charge in [0.15, 0.2) is 0 Å². The van der Waals surface area contributed by atoms with Gasteiger partial charge in [0.2, 0.25) is 0 Å². The minimum Gasteiger partial charge on any atom is -0.494 e. The highest BCUT2D eigenvalue weighted by atomic mass is 32.1. The molecular formula is C23H22N2O3S. The molecule has 0 radical (unpaired) electrons. The van der Waals surface area contributed by atoms with Crippen LogP contribution in [0.4, 0.5) is 0 Å². The summed E-state index contributed by atoms with van der Waals surface area (Å²) in [6.45, 7) is 5.44. The Morgan fingerprint density at radius 2 is 1.69 bits per heavy atom. The fourth-order valence-electron chi connectivity index (χ4n) is 3.13. The summed E-state index contributed by atoms with van der Waals surface area (Å²) in [6.07, 6.45) is 1.60. The van der Waals surface area contributed by atoms with Crippen molar-refractivity contribution in [2.75, 3.05) is 13.2 Å². The zero-order valence-electron chi connectivity index (χ0n) is 16.4. The summed E-state index contributed by atoms with van der Waals surface area (Å²) in [5.74, 6) is 1.55. The zero-order chi connectivity index (χ0) is 20.2. The molecule has 2 heterocycles. The Bertz CT molecular complexity index is 1160. The quantitative estimate of drug-likeness (QED) is 0.438. The molecular weight excluding hydrogens is 384 g/mol. The van der Waals surface area contributed by atoms with Crippen LogP contribution in [-0.2, 0) is 6.54 Å². The number of fused-ring (bicyclic) bond motifs is 1. The Balaban J connectivity index is 1.52. The van der Waals surface area contributed by atoms with Crippen molar-refractivity contribution in [3.63, 3.8) is 0 Å². The molecule has 0 aliphatic rings. The van der Waals surface area contributed by atoms with Crippen molar-refractivity contribution < 1.29 is 9.47 Å². The number of thiophene rings is 1. The molecule has 0 atom stereocenters. The lowest BCUT2D eigenvalue weighted by molar-refractivity contribution is 0.294. The Kier molecular flexibility index (Phi) is 5.62. The monoisotopic (exact) mass is 406 g/mol. The maximum Gasteiger partial charge on any atom is 0.262 e. The molecule has 0 amide bonds. The summed E-state index contributed by atoms with van der Waals surface area (Å²) >= 11 is 1.49. The van der Waals surface area contributed by atoms with Crippen molar-refractivity contribution in [3.05, 3.63) is 76.2 Å². The maximum atomic E-state index is 13.1. The van der Waals surface area contributed by atoms with Crippen LogP contribution in [0.25, 0.3) is 21.3 Å². The van der Waals surface area contributed by atoms with Gasteiger partial charge >= 0.3 is 0 Å². The normalized spacial score (nSPS) is 11.0. The molecule has 0 saturated heterocycles. The topological polar surface area (TPSA) is 53.4 Å². The van der Waals surface area contributed by atoms with Crippen LogP contribution in [0.2, 0.25) is 0 Å². The van der Waals surface area contributed by atoms with Crippen LogP contribution in [0, 0.1) is 6.92 Å². The molecule has 0 fully saturated rings. The molecule has 0 saturated carbocycles. The van der Waals surface area contributed by atoms with E-state index in [0.717, 1.165) is 27.5 Å². The molecule has 2 aromatic carbocycles. The Morgan fingerprint density at radius 3 is 2.38 bits per heavy atom. The number of benzene rings is 2.